The van der Waals surface area contributed by atoms with Crippen LogP contribution in [0.25, 0.3) is 11.1 Å². The molecule has 4 aromatic rings. The summed E-state index contributed by atoms with van der Waals surface area (Å²) in [5.74, 6) is 0.703. The van der Waals surface area contributed by atoms with Gasteiger partial charge in [0.25, 0.3) is 0 Å². The third-order valence-electron chi connectivity index (χ3n) is 6.50. The van der Waals surface area contributed by atoms with E-state index in [-0.39, 0.29) is 24.7 Å². The third kappa shape index (κ3) is 7.32. The van der Waals surface area contributed by atoms with Gasteiger partial charge in [-0.1, -0.05) is 89.8 Å². The van der Waals surface area contributed by atoms with Gasteiger partial charge >= 0.3 is 0 Å². The lowest BCUT2D eigenvalue weighted by Gasteiger charge is -2.36. The normalized spacial score (nSPS) is 19.1. The van der Waals surface area contributed by atoms with Crippen molar-refractivity contribution in [2.75, 3.05) is 5.75 Å². The SMILES string of the molecule is CC(=O)NCc1cccc(-c2ccc([C@H]3O[C@@H](CSc4nnc(C)s4)C[C@@H](c4ccc(CO)cc4)O3)cc2)c1. The van der Waals surface area contributed by atoms with E-state index >= 15 is 0 Å². The van der Waals surface area contributed by atoms with E-state index in [1.165, 1.54) is 6.92 Å². The Kier molecular flexibility index (Phi) is 9.06. The molecular formula is C30H31N3O4S2. The molecule has 9 heteroatoms. The van der Waals surface area contributed by atoms with Crippen LogP contribution in [-0.4, -0.2) is 33.1 Å². The van der Waals surface area contributed by atoms with Gasteiger partial charge in [0.15, 0.2) is 10.6 Å². The molecule has 2 heterocycles. The van der Waals surface area contributed by atoms with Crippen LogP contribution in [0.5, 0.6) is 0 Å². The molecular weight excluding hydrogens is 530 g/mol. The maximum Gasteiger partial charge on any atom is 0.217 e. The van der Waals surface area contributed by atoms with Gasteiger partial charge in [0, 0.05) is 31.2 Å². The summed E-state index contributed by atoms with van der Waals surface area (Å²) in [6.45, 7) is 3.99. The van der Waals surface area contributed by atoms with Crippen molar-refractivity contribution in [2.24, 2.45) is 0 Å². The first-order valence-electron chi connectivity index (χ1n) is 12.8. The van der Waals surface area contributed by atoms with Crippen LogP contribution in [0.3, 0.4) is 0 Å². The molecule has 5 rings (SSSR count). The molecule has 0 bridgehead atoms. The van der Waals surface area contributed by atoms with Crippen molar-refractivity contribution in [1.29, 1.82) is 0 Å². The number of ether oxygens (including phenoxy) is 2. The van der Waals surface area contributed by atoms with Crippen LogP contribution in [0, 0.1) is 6.92 Å². The summed E-state index contributed by atoms with van der Waals surface area (Å²) in [6.07, 6.45) is 0.0380. The highest BCUT2D eigenvalue weighted by Gasteiger charge is 2.32. The van der Waals surface area contributed by atoms with Crippen LogP contribution in [0.4, 0.5) is 0 Å². The van der Waals surface area contributed by atoms with E-state index in [0.717, 1.165) is 54.9 Å². The first kappa shape index (κ1) is 27.5. The highest BCUT2D eigenvalue weighted by molar-refractivity contribution is 8.01. The molecule has 39 heavy (non-hydrogen) atoms. The summed E-state index contributed by atoms with van der Waals surface area (Å²) < 4.78 is 13.9. The zero-order valence-corrected chi connectivity index (χ0v) is 23.5. The van der Waals surface area contributed by atoms with Crippen molar-refractivity contribution < 1.29 is 19.4 Å². The smallest absolute Gasteiger partial charge is 0.217 e. The van der Waals surface area contributed by atoms with Gasteiger partial charge in [0.05, 0.1) is 18.8 Å². The van der Waals surface area contributed by atoms with Crippen LogP contribution >= 0.6 is 23.1 Å². The number of amides is 1. The van der Waals surface area contributed by atoms with Crippen LogP contribution < -0.4 is 5.32 Å². The summed E-state index contributed by atoms with van der Waals surface area (Å²) >= 11 is 3.25. The van der Waals surface area contributed by atoms with Gasteiger partial charge in [-0.25, -0.2) is 0 Å². The van der Waals surface area contributed by atoms with E-state index in [4.69, 9.17) is 9.47 Å². The number of nitrogens with zero attached hydrogens (tertiary/aromatic N) is 2. The van der Waals surface area contributed by atoms with E-state index in [9.17, 15) is 9.90 Å². The number of rotatable bonds is 9. The lowest BCUT2D eigenvalue weighted by atomic mass is 9.99. The average Bonchev–Trinajstić information content (AvgIpc) is 3.40. The predicted molar refractivity (Wildman–Crippen MR) is 153 cm³/mol. The summed E-state index contributed by atoms with van der Waals surface area (Å²) in [5, 5.41) is 21.6. The molecule has 1 fully saturated rings. The molecule has 7 nitrogen and oxygen atoms in total. The lowest BCUT2D eigenvalue weighted by molar-refractivity contribution is -0.245. The van der Waals surface area contributed by atoms with E-state index in [1.54, 1.807) is 23.1 Å². The minimum absolute atomic E-state index is 0.0145. The molecule has 3 atom stereocenters. The first-order chi connectivity index (χ1) is 19.0. The number of carbonyl (C=O) groups excluding carboxylic acids is 1. The van der Waals surface area contributed by atoms with Gasteiger partial charge in [0.1, 0.15) is 5.01 Å². The van der Waals surface area contributed by atoms with Crippen LogP contribution in [-0.2, 0) is 27.4 Å². The maximum absolute atomic E-state index is 11.3. The number of hydrogen-bond acceptors (Lipinski definition) is 8. The first-order valence-corrected chi connectivity index (χ1v) is 14.6. The number of benzene rings is 3. The van der Waals surface area contributed by atoms with E-state index in [2.05, 4.69) is 51.9 Å². The van der Waals surface area contributed by atoms with Crippen molar-refractivity contribution >= 4 is 29.0 Å². The van der Waals surface area contributed by atoms with Gasteiger partial charge in [0.2, 0.25) is 5.91 Å². The second-order valence-electron chi connectivity index (χ2n) is 9.48. The highest BCUT2D eigenvalue weighted by Crippen LogP contribution is 2.40. The number of aryl methyl sites for hydroxylation is 1. The zero-order chi connectivity index (χ0) is 27.2. The molecule has 1 amide bonds. The molecule has 1 aliphatic rings. The van der Waals surface area contributed by atoms with Gasteiger partial charge in [-0.3, -0.25) is 4.79 Å². The molecule has 1 aromatic heterocycles. The Hall–Kier alpha value is -3.08. The highest BCUT2D eigenvalue weighted by atomic mass is 32.2. The minimum Gasteiger partial charge on any atom is -0.392 e. The molecule has 0 radical (unpaired) electrons. The summed E-state index contributed by atoms with van der Waals surface area (Å²) in [5.41, 5.74) is 6.10. The summed E-state index contributed by atoms with van der Waals surface area (Å²) in [4.78, 5) is 11.3. The summed E-state index contributed by atoms with van der Waals surface area (Å²) in [7, 11) is 0. The maximum atomic E-state index is 11.3. The van der Waals surface area contributed by atoms with Crippen LogP contribution in [0.1, 0.15) is 53.0 Å². The molecule has 1 aliphatic heterocycles. The number of carbonyl (C=O) groups is 1. The van der Waals surface area contributed by atoms with Crippen molar-refractivity contribution in [3.8, 4) is 11.1 Å². The topological polar surface area (TPSA) is 93.6 Å². The fourth-order valence-corrected chi connectivity index (χ4v) is 6.30. The molecule has 202 valence electrons. The molecule has 0 aliphatic carbocycles. The Morgan fingerprint density at radius 3 is 2.46 bits per heavy atom. The van der Waals surface area contributed by atoms with Crippen molar-refractivity contribution in [3.63, 3.8) is 0 Å². The monoisotopic (exact) mass is 561 g/mol. The third-order valence-corrected chi connectivity index (χ3v) is 8.60. The van der Waals surface area contributed by atoms with Gasteiger partial charge < -0.3 is 19.9 Å². The minimum atomic E-state index is -0.511. The van der Waals surface area contributed by atoms with E-state index in [0.29, 0.717) is 6.54 Å². The Morgan fingerprint density at radius 1 is 1.00 bits per heavy atom. The molecule has 2 N–H and O–H groups in total. The second-order valence-corrected chi connectivity index (χ2v) is 11.9. The Morgan fingerprint density at radius 2 is 1.77 bits per heavy atom. The number of aromatic nitrogens is 2. The Labute approximate surface area is 236 Å². The second kappa shape index (κ2) is 12.8. The molecule has 0 unspecified atom stereocenters. The van der Waals surface area contributed by atoms with E-state index < -0.39 is 6.29 Å². The quantitative estimate of drug-likeness (QED) is 0.243. The lowest BCUT2D eigenvalue weighted by Crippen LogP contribution is -2.31. The number of thioether (sulfide) groups is 1. The molecule has 0 spiro atoms. The Bertz CT molecular complexity index is 1390. The van der Waals surface area contributed by atoms with Crippen LogP contribution in [0.15, 0.2) is 77.1 Å². The number of hydrogen-bond donors (Lipinski definition) is 2. The van der Waals surface area contributed by atoms with Crippen molar-refractivity contribution in [2.45, 2.75) is 56.3 Å². The fourth-order valence-electron chi connectivity index (χ4n) is 4.44. The van der Waals surface area contributed by atoms with E-state index in [1.807, 2.05) is 43.3 Å². The van der Waals surface area contributed by atoms with Gasteiger partial charge in [-0.05, 0) is 40.8 Å². The average molecular weight is 562 g/mol. The Balaban J connectivity index is 1.33. The van der Waals surface area contributed by atoms with Gasteiger partial charge in [-0.2, -0.15) is 0 Å². The molecule has 3 aromatic carbocycles. The fraction of sp³-hybridized carbons (Fsp3) is 0.300. The molecule has 1 saturated heterocycles. The predicted octanol–water partition coefficient (Wildman–Crippen LogP) is 5.98. The largest absolute Gasteiger partial charge is 0.392 e. The van der Waals surface area contributed by atoms with Crippen molar-refractivity contribution in [3.05, 3.63) is 100 Å². The molecule has 0 saturated carbocycles. The van der Waals surface area contributed by atoms with Gasteiger partial charge in [-0.15, -0.1) is 10.2 Å². The number of aliphatic hydroxyl groups excluding tert-OH is 1. The number of nitrogens with one attached hydrogen (secondary N) is 1. The van der Waals surface area contributed by atoms with Crippen LogP contribution in [0.2, 0.25) is 0 Å². The zero-order valence-electron chi connectivity index (χ0n) is 21.9. The number of aliphatic hydroxyl groups is 1. The van der Waals surface area contributed by atoms with Crippen molar-refractivity contribution in [1.82, 2.24) is 15.5 Å². The summed E-state index contributed by atoms with van der Waals surface area (Å²) in [6, 6.07) is 24.3. The standard InChI is InChI=1S/C30H31N3O4S2/c1-19(35)31-16-22-4-3-5-26(14-22)23-10-12-25(13-11-23)29-36-27(18-38-30-33-32-20(2)39-30)15-28(37-29)24-8-6-21(17-34)7-9-24/h3-14,27-29,34H,15-18H2,1-2H3,(H,31,35)/t27-,28+,29+/m1/s1.